The molecule has 4 amide bonds. The SMILES string of the molecule is CC(C(=O)NC(C(=O)N1CCCC1CN(CCc1ccc(F)cc1)C(=O)c1cn(C(C)C)cn1)C(C)(C)C)N(C)C(=O)OC(C)(C)C. The lowest BCUT2D eigenvalue weighted by molar-refractivity contribution is -0.141. The number of likely N-dealkylation sites (tertiary alicyclic amines) is 1. The van der Waals surface area contributed by atoms with Crippen molar-refractivity contribution in [3.8, 4) is 0 Å². The van der Waals surface area contributed by atoms with E-state index in [1.54, 1.807) is 62.2 Å². The van der Waals surface area contributed by atoms with Crippen molar-refractivity contribution in [2.24, 2.45) is 5.41 Å². The van der Waals surface area contributed by atoms with Gasteiger partial charge in [0, 0.05) is 45.0 Å². The van der Waals surface area contributed by atoms with Crippen molar-refractivity contribution in [3.05, 3.63) is 53.9 Å². The molecule has 2 heterocycles. The van der Waals surface area contributed by atoms with Crippen molar-refractivity contribution in [2.75, 3.05) is 26.7 Å². The molecule has 1 aromatic carbocycles. The number of ether oxygens (including phenoxy) is 1. The van der Waals surface area contributed by atoms with Crippen LogP contribution in [-0.4, -0.2) is 98.5 Å². The van der Waals surface area contributed by atoms with E-state index in [4.69, 9.17) is 4.74 Å². The number of nitrogens with zero attached hydrogens (tertiary/aromatic N) is 5. The van der Waals surface area contributed by atoms with Gasteiger partial charge in [-0.25, -0.2) is 14.2 Å². The molecule has 3 atom stereocenters. The van der Waals surface area contributed by atoms with Crippen LogP contribution < -0.4 is 5.32 Å². The van der Waals surface area contributed by atoms with E-state index in [1.165, 1.54) is 24.1 Å². The van der Waals surface area contributed by atoms with E-state index >= 15 is 0 Å². The highest BCUT2D eigenvalue weighted by Crippen LogP contribution is 2.27. The van der Waals surface area contributed by atoms with E-state index < -0.39 is 35.1 Å². The molecule has 0 bridgehead atoms. The van der Waals surface area contributed by atoms with Gasteiger partial charge in [0.1, 0.15) is 29.2 Å². The third kappa shape index (κ3) is 10.3. The Hall–Kier alpha value is -3.96. The zero-order valence-corrected chi connectivity index (χ0v) is 29.7. The predicted molar refractivity (Wildman–Crippen MR) is 178 cm³/mol. The van der Waals surface area contributed by atoms with E-state index in [0.717, 1.165) is 12.0 Å². The molecule has 1 aliphatic heterocycles. The van der Waals surface area contributed by atoms with Crippen molar-refractivity contribution in [2.45, 2.75) is 111 Å². The Labute approximate surface area is 278 Å². The highest BCUT2D eigenvalue weighted by atomic mass is 19.1. The van der Waals surface area contributed by atoms with Crippen LogP contribution in [0.25, 0.3) is 0 Å². The maximum absolute atomic E-state index is 14.2. The number of halogens is 1. The second-order valence-electron chi connectivity index (χ2n) is 14.8. The smallest absolute Gasteiger partial charge is 0.410 e. The molecule has 2 aromatic rings. The molecule has 260 valence electrons. The second kappa shape index (κ2) is 15.3. The summed E-state index contributed by atoms with van der Waals surface area (Å²) in [7, 11) is 1.49. The molecular weight excluding hydrogens is 603 g/mol. The third-order valence-electron chi connectivity index (χ3n) is 8.42. The molecule has 1 aliphatic rings. The van der Waals surface area contributed by atoms with Crippen LogP contribution in [-0.2, 0) is 20.7 Å². The number of likely N-dealkylation sites (N-methyl/N-ethyl adjacent to an activating group) is 1. The summed E-state index contributed by atoms with van der Waals surface area (Å²) >= 11 is 0. The second-order valence-corrected chi connectivity index (χ2v) is 14.8. The average Bonchev–Trinajstić information content (AvgIpc) is 3.66. The topological polar surface area (TPSA) is 117 Å². The first-order chi connectivity index (χ1) is 21.8. The highest BCUT2D eigenvalue weighted by Gasteiger charge is 2.41. The lowest BCUT2D eigenvalue weighted by Gasteiger charge is -2.38. The largest absolute Gasteiger partial charge is 0.444 e. The van der Waals surface area contributed by atoms with E-state index in [0.29, 0.717) is 31.6 Å². The molecule has 0 aliphatic carbocycles. The van der Waals surface area contributed by atoms with Gasteiger partial charge in [0.25, 0.3) is 5.91 Å². The van der Waals surface area contributed by atoms with Crippen LogP contribution in [0.5, 0.6) is 0 Å². The number of aromatic nitrogens is 2. The Kier molecular flexibility index (Phi) is 12.2. The first kappa shape index (κ1) is 37.5. The van der Waals surface area contributed by atoms with Crippen molar-refractivity contribution in [1.29, 1.82) is 0 Å². The van der Waals surface area contributed by atoms with Crippen molar-refractivity contribution in [1.82, 2.24) is 29.6 Å². The molecule has 0 radical (unpaired) electrons. The number of imidazole rings is 1. The lowest BCUT2D eigenvalue weighted by Crippen LogP contribution is -2.59. The summed E-state index contributed by atoms with van der Waals surface area (Å²) in [6.45, 7) is 17.6. The van der Waals surface area contributed by atoms with Crippen molar-refractivity contribution >= 4 is 23.8 Å². The summed E-state index contributed by atoms with van der Waals surface area (Å²) in [6.07, 6.45) is 4.68. The predicted octanol–water partition coefficient (Wildman–Crippen LogP) is 5.07. The summed E-state index contributed by atoms with van der Waals surface area (Å²) < 4.78 is 20.8. The maximum atomic E-state index is 14.2. The third-order valence-corrected chi connectivity index (χ3v) is 8.42. The van der Waals surface area contributed by atoms with E-state index in [2.05, 4.69) is 10.3 Å². The van der Waals surface area contributed by atoms with Gasteiger partial charge in [-0.05, 0) is 83.9 Å². The molecule has 0 saturated carbocycles. The molecule has 1 N–H and O–H groups in total. The Morgan fingerprint density at radius 3 is 2.26 bits per heavy atom. The van der Waals surface area contributed by atoms with Crippen molar-refractivity contribution < 1.29 is 28.3 Å². The number of hydrogen-bond acceptors (Lipinski definition) is 6. The summed E-state index contributed by atoms with van der Waals surface area (Å²) in [6, 6.07) is 4.29. The van der Waals surface area contributed by atoms with Gasteiger partial charge in [0.2, 0.25) is 11.8 Å². The minimum Gasteiger partial charge on any atom is -0.444 e. The minimum absolute atomic E-state index is 0.135. The van der Waals surface area contributed by atoms with Crippen LogP contribution in [0, 0.1) is 11.2 Å². The van der Waals surface area contributed by atoms with Crippen LogP contribution in [0.3, 0.4) is 0 Å². The average molecular weight is 657 g/mol. The van der Waals surface area contributed by atoms with Gasteiger partial charge in [-0.1, -0.05) is 32.9 Å². The van der Waals surface area contributed by atoms with Gasteiger partial charge in [0.05, 0.1) is 6.33 Å². The van der Waals surface area contributed by atoms with Gasteiger partial charge in [-0.2, -0.15) is 0 Å². The van der Waals surface area contributed by atoms with Crippen molar-refractivity contribution in [3.63, 3.8) is 0 Å². The summed E-state index contributed by atoms with van der Waals surface area (Å²) in [5.74, 6) is -1.28. The number of amides is 4. The van der Waals surface area contributed by atoms with Gasteiger partial charge >= 0.3 is 6.09 Å². The number of benzene rings is 1. The fourth-order valence-electron chi connectivity index (χ4n) is 5.40. The number of carbonyl (C=O) groups is 4. The van der Waals surface area contributed by atoms with Crippen LogP contribution in [0.4, 0.5) is 9.18 Å². The maximum Gasteiger partial charge on any atom is 0.410 e. The molecule has 1 aromatic heterocycles. The van der Waals surface area contributed by atoms with Gasteiger partial charge < -0.3 is 24.4 Å². The molecule has 3 rings (SSSR count). The van der Waals surface area contributed by atoms with Gasteiger partial charge in [0.15, 0.2) is 0 Å². The summed E-state index contributed by atoms with van der Waals surface area (Å²) in [5.41, 5.74) is -0.168. The van der Waals surface area contributed by atoms with E-state index in [9.17, 15) is 23.6 Å². The molecule has 3 unspecified atom stereocenters. The number of carbonyl (C=O) groups excluding carboxylic acids is 4. The van der Waals surface area contributed by atoms with Crippen LogP contribution in [0.2, 0.25) is 0 Å². The normalized spacial score (nSPS) is 16.5. The summed E-state index contributed by atoms with van der Waals surface area (Å²) in [5, 5.41) is 2.92. The number of rotatable bonds is 11. The van der Waals surface area contributed by atoms with Gasteiger partial charge in [-0.3, -0.25) is 19.3 Å². The van der Waals surface area contributed by atoms with Crippen LogP contribution in [0.15, 0.2) is 36.8 Å². The Balaban J connectivity index is 1.81. The zero-order valence-electron chi connectivity index (χ0n) is 29.7. The molecular formula is C35H53FN6O5. The molecule has 12 heteroatoms. The zero-order chi connectivity index (χ0) is 35.3. The Morgan fingerprint density at radius 2 is 1.70 bits per heavy atom. The van der Waals surface area contributed by atoms with E-state index in [-0.39, 0.29) is 36.3 Å². The van der Waals surface area contributed by atoms with Gasteiger partial charge in [-0.15, -0.1) is 0 Å². The molecule has 11 nitrogen and oxygen atoms in total. The highest BCUT2D eigenvalue weighted by molar-refractivity contribution is 5.93. The fraction of sp³-hybridized carbons (Fsp3) is 0.629. The monoisotopic (exact) mass is 656 g/mol. The standard InChI is InChI=1S/C35H53FN6O5/c1-23(2)41-21-28(37-22-41)31(44)40(19-17-25-13-15-26(36)16-14-25)20-27-12-11-18-42(27)32(45)29(34(4,5)6)38-30(43)24(3)39(10)33(46)47-35(7,8)9/h13-16,21-24,27,29H,11-12,17-20H2,1-10H3,(H,38,43). The Morgan fingerprint density at radius 1 is 1.06 bits per heavy atom. The number of hydrogen-bond donors (Lipinski definition) is 1. The first-order valence-corrected chi connectivity index (χ1v) is 16.4. The van der Waals surface area contributed by atoms with Crippen LogP contribution >= 0.6 is 0 Å². The summed E-state index contributed by atoms with van der Waals surface area (Å²) in [4.78, 5) is 63.1. The van der Waals surface area contributed by atoms with Crippen LogP contribution in [0.1, 0.15) is 97.2 Å². The quantitative estimate of drug-likeness (QED) is 0.361. The molecule has 1 fully saturated rings. The molecule has 1 saturated heterocycles. The minimum atomic E-state index is -0.887. The first-order valence-electron chi connectivity index (χ1n) is 16.4. The molecule has 0 spiro atoms. The number of nitrogens with one attached hydrogen (secondary N) is 1. The lowest BCUT2D eigenvalue weighted by atomic mass is 9.85. The Bertz CT molecular complexity index is 1390. The molecule has 47 heavy (non-hydrogen) atoms. The van der Waals surface area contributed by atoms with E-state index in [1.807, 2.05) is 39.2 Å². The fourth-order valence-corrected chi connectivity index (χ4v) is 5.40.